The molecule has 3 aromatic heterocycles. The molecule has 2 N–H and O–H groups in total. The smallest absolute Gasteiger partial charge is 0.275 e. The van der Waals surface area contributed by atoms with Gasteiger partial charge in [-0.1, -0.05) is 18.3 Å². The zero-order valence-corrected chi connectivity index (χ0v) is 17.6. The molecule has 1 atom stereocenters. The van der Waals surface area contributed by atoms with Gasteiger partial charge in [0.1, 0.15) is 0 Å². The van der Waals surface area contributed by atoms with Gasteiger partial charge in [0, 0.05) is 30.9 Å². The highest BCUT2D eigenvalue weighted by atomic mass is 32.1. The fourth-order valence-electron chi connectivity index (χ4n) is 3.54. The van der Waals surface area contributed by atoms with Crippen LogP contribution in [-0.2, 0) is 19.4 Å². The zero-order valence-electron chi connectivity index (χ0n) is 16.8. The Bertz CT molecular complexity index is 1100. The minimum atomic E-state index is -0.154. The van der Waals surface area contributed by atoms with E-state index in [1.165, 1.54) is 21.9 Å². The van der Waals surface area contributed by atoms with Crippen LogP contribution >= 0.6 is 11.3 Å². The Morgan fingerprint density at radius 1 is 1.41 bits per heavy atom. The molecule has 1 unspecified atom stereocenters. The number of aryl methyl sites for hydroxylation is 2. The Morgan fingerprint density at radius 3 is 3.00 bits per heavy atom. The number of carbonyl (C=O) groups excluding carboxylic acids is 1. The van der Waals surface area contributed by atoms with Gasteiger partial charge in [-0.3, -0.25) is 14.3 Å². The molecule has 1 aliphatic rings. The summed E-state index contributed by atoms with van der Waals surface area (Å²) in [4.78, 5) is 29.7. The van der Waals surface area contributed by atoms with Crippen molar-refractivity contribution in [2.75, 3.05) is 11.9 Å². The van der Waals surface area contributed by atoms with E-state index in [1.807, 2.05) is 25.5 Å². The fourth-order valence-corrected chi connectivity index (χ4v) is 4.37. The summed E-state index contributed by atoms with van der Waals surface area (Å²) in [5, 5.41) is 15.7. The van der Waals surface area contributed by atoms with E-state index in [9.17, 15) is 9.59 Å². The molecule has 154 valence electrons. The normalized spacial score (nSPS) is 16.2. The maximum absolute atomic E-state index is 12.4. The van der Waals surface area contributed by atoms with Gasteiger partial charge in [-0.05, 0) is 39.0 Å². The van der Waals surface area contributed by atoms with Crippen molar-refractivity contribution in [1.82, 2.24) is 29.7 Å². The van der Waals surface area contributed by atoms with Gasteiger partial charge in [0.2, 0.25) is 10.1 Å². The van der Waals surface area contributed by atoms with Crippen molar-refractivity contribution in [3.05, 3.63) is 39.6 Å². The van der Waals surface area contributed by atoms with Gasteiger partial charge in [0.15, 0.2) is 0 Å². The first-order valence-corrected chi connectivity index (χ1v) is 10.8. The van der Waals surface area contributed by atoms with Crippen molar-refractivity contribution in [3.8, 4) is 0 Å². The zero-order chi connectivity index (χ0) is 20.5. The molecule has 0 spiro atoms. The van der Waals surface area contributed by atoms with Crippen LogP contribution in [0.15, 0.2) is 17.1 Å². The number of aromatic nitrogens is 5. The van der Waals surface area contributed by atoms with Gasteiger partial charge >= 0.3 is 0 Å². The van der Waals surface area contributed by atoms with Gasteiger partial charge < -0.3 is 10.6 Å². The first-order valence-electron chi connectivity index (χ1n) is 9.93. The number of rotatable bonds is 6. The second-order valence-corrected chi connectivity index (χ2v) is 8.59. The molecular formula is C19H25N7O2S. The average Bonchev–Trinajstić information content (AvgIpc) is 3.29. The molecule has 0 saturated heterocycles. The number of nitrogens with zero attached hydrogens (tertiary/aromatic N) is 5. The number of anilines is 1. The summed E-state index contributed by atoms with van der Waals surface area (Å²) >= 11 is 1.38. The number of hydrogen-bond acceptors (Lipinski definition) is 7. The molecule has 1 amide bonds. The van der Waals surface area contributed by atoms with Crippen LogP contribution in [0.25, 0.3) is 4.96 Å². The SMILES string of the molecule is CCc1cc(=O)n2nc(NCC3CCn4ncc(C(=O)NC(C)C)c4C3)sc2n1. The lowest BCUT2D eigenvalue weighted by Gasteiger charge is -2.24. The van der Waals surface area contributed by atoms with Crippen LogP contribution in [0, 0.1) is 5.92 Å². The third kappa shape index (κ3) is 4.02. The van der Waals surface area contributed by atoms with Gasteiger partial charge in [-0.2, -0.15) is 9.61 Å². The molecule has 0 fully saturated rings. The quantitative estimate of drug-likeness (QED) is 0.635. The van der Waals surface area contributed by atoms with Crippen LogP contribution in [0.2, 0.25) is 0 Å². The lowest BCUT2D eigenvalue weighted by atomic mass is 9.94. The molecule has 29 heavy (non-hydrogen) atoms. The summed E-state index contributed by atoms with van der Waals surface area (Å²) in [5.74, 6) is 0.283. The third-order valence-electron chi connectivity index (χ3n) is 5.05. The lowest BCUT2D eigenvalue weighted by Crippen LogP contribution is -2.32. The van der Waals surface area contributed by atoms with Crippen molar-refractivity contribution < 1.29 is 4.79 Å². The van der Waals surface area contributed by atoms with E-state index in [4.69, 9.17) is 0 Å². The van der Waals surface area contributed by atoms with Crippen LogP contribution in [-0.4, -0.2) is 42.9 Å². The summed E-state index contributed by atoms with van der Waals surface area (Å²) < 4.78 is 3.27. The Labute approximate surface area is 172 Å². The van der Waals surface area contributed by atoms with Crippen molar-refractivity contribution >= 4 is 27.3 Å². The topological polar surface area (TPSA) is 106 Å². The Balaban J connectivity index is 1.45. The summed E-state index contributed by atoms with van der Waals surface area (Å²) in [6, 6.07) is 1.62. The number of hydrogen-bond donors (Lipinski definition) is 2. The third-order valence-corrected chi connectivity index (χ3v) is 5.91. The average molecular weight is 416 g/mol. The fraction of sp³-hybridized carbons (Fsp3) is 0.526. The van der Waals surface area contributed by atoms with E-state index in [2.05, 4.69) is 25.8 Å². The predicted octanol–water partition coefficient (Wildman–Crippen LogP) is 1.72. The molecule has 9 nitrogen and oxygen atoms in total. The van der Waals surface area contributed by atoms with Crippen LogP contribution in [0.5, 0.6) is 0 Å². The Kier molecular flexibility index (Phi) is 5.35. The van der Waals surface area contributed by atoms with Crippen LogP contribution < -0.4 is 16.2 Å². The maximum atomic E-state index is 12.4. The molecule has 10 heteroatoms. The van der Waals surface area contributed by atoms with E-state index in [-0.39, 0.29) is 17.5 Å². The van der Waals surface area contributed by atoms with Crippen LogP contribution in [0.1, 0.15) is 48.9 Å². The molecular weight excluding hydrogens is 390 g/mol. The summed E-state index contributed by atoms with van der Waals surface area (Å²) in [6.07, 6.45) is 4.13. The molecule has 3 aromatic rings. The standard InChI is InChI=1S/C19H25N7O2S/c1-4-13-8-16(27)26-19(23-13)29-18(24-26)20-9-12-5-6-25-15(7-12)14(10-21-25)17(28)22-11(2)3/h8,10-12H,4-7,9H2,1-3H3,(H,20,24)(H,22,28). The van der Waals surface area contributed by atoms with Gasteiger partial charge in [0.25, 0.3) is 11.5 Å². The number of carbonyl (C=O) groups is 1. The first-order chi connectivity index (χ1) is 13.9. The monoisotopic (exact) mass is 415 g/mol. The highest BCUT2D eigenvalue weighted by molar-refractivity contribution is 7.20. The second-order valence-electron chi connectivity index (χ2n) is 7.64. The minimum absolute atomic E-state index is 0.0711. The molecule has 1 aliphatic heterocycles. The molecule has 0 bridgehead atoms. The Morgan fingerprint density at radius 2 is 2.24 bits per heavy atom. The van der Waals surface area contributed by atoms with Crippen molar-refractivity contribution in [2.24, 2.45) is 5.92 Å². The van der Waals surface area contributed by atoms with E-state index < -0.39 is 0 Å². The largest absolute Gasteiger partial charge is 0.360 e. The van der Waals surface area contributed by atoms with Crippen LogP contribution in [0.3, 0.4) is 0 Å². The summed E-state index contributed by atoms with van der Waals surface area (Å²) in [6.45, 7) is 7.37. The number of fused-ring (bicyclic) bond motifs is 2. The van der Waals surface area contributed by atoms with Gasteiger partial charge in [0.05, 0.1) is 17.5 Å². The van der Waals surface area contributed by atoms with Crippen molar-refractivity contribution in [1.29, 1.82) is 0 Å². The van der Waals surface area contributed by atoms with Crippen LogP contribution in [0.4, 0.5) is 5.13 Å². The molecule has 4 heterocycles. The molecule has 4 rings (SSSR count). The second kappa shape index (κ2) is 7.94. The van der Waals surface area contributed by atoms with Gasteiger partial charge in [-0.15, -0.1) is 5.10 Å². The lowest BCUT2D eigenvalue weighted by molar-refractivity contribution is 0.0941. The molecule has 0 saturated carbocycles. The minimum Gasteiger partial charge on any atom is -0.360 e. The first kappa shape index (κ1) is 19.6. The van der Waals surface area contributed by atoms with Gasteiger partial charge in [-0.25, -0.2) is 4.98 Å². The number of nitrogens with one attached hydrogen (secondary N) is 2. The summed E-state index contributed by atoms with van der Waals surface area (Å²) in [5.41, 5.74) is 2.26. The molecule has 0 aliphatic carbocycles. The van der Waals surface area contributed by atoms with E-state index in [1.54, 1.807) is 6.20 Å². The van der Waals surface area contributed by atoms with E-state index in [0.29, 0.717) is 28.1 Å². The van der Waals surface area contributed by atoms with E-state index >= 15 is 0 Å². The highest BCUT2D eigenvalue weighted by Gasteiger charge is 2.25. The Hall–Kier alpha value is -2.75. The highest BCUT2D eigenvalue weighted by Crippen LogP contribution is 2.24. The van der Waals surface area contributed by atoms with E-state index in [0.717, 1.165) is 37.2 Å². The van der Waals surface area contributed by atoms with Crippen molar-refractivity contribution in [3.63, 3.8) is 0 Å². The molecule has 0 radical (unpaired) electrons. The summed E-state index contributed by atoms with van der Waals surface area (Å²) in [7, 11) is 0. The number of amides is 1. The maximum Gasteiger partial charge on any atom is 0.275 e. The predicted molar refractivity (Wildman–Crippen MR) is 112 cm³/mol. The van der Waals surface area contributed by atoms with Crippen molar-refractivity contribution in [2.45, 2.75) is 52.6 Å². The molecule has 0 aromatic carbocycles.